The summed E-state index contributed by atoms with van der Waals surface area (Å²) in [5, 5.41) is 0. The van der Waals surface area contributed by atoms with Crippen molar-refractivity contribution in [3.63, 3.8) is 0 Å². The third-order valence-electron chi connectivity index (χ3n) is 8.55. The summed E-state index contributed by atoms with van der Waals surface area (Å²) in [6.07, 6.45) is 5.15. The summed E-state index contributed by atoms with van der Waals surface area (Å²) in [5.41, 5.74) is 13.8. The maximum Gasteiger partial charge on any atom is -0.147 e. The molecule has 1 aliphatic heterocycles. The minimum Gasteiger partial charge on any atom is -0.147 e. The fourth-order valence-corrected chi connectivity index (χ4v) is 30.1. The van der Waals surface area contributed by atoms with Crippen molar-refractivity contribution < 1.29 is 17.4 Å². The molecule has 1 heterocycles. The molecule has 0 spiro atoms. The molecule has 0 nitrogen and oxygen atoms in total. The van der Waals surface area contributed by atoms with Crippen molar-refractivity contribution in [1.29, 1.82) is 0 Å². The molecule has 2 aliphatic carbocycles. The van der Waals surface area contributed by atoms with Crippen molar-refractivity contribution in [2.24, 2.45) is 11.8 Å². The smallest absolute Gasteiger partial charge is 0.147 e. The maximum absolute atomic E-state index is 3.54. The quantitative estimate of drug-likeness (QED) is 0.291. The van der Waals surface area contributed by atoms with E-state index in [2.05, 4.69) is 124 Å². The van der Waals surface area contributed by atoms with Crippen LogP contribution in [-0.4, -0.2) is 12.6 Å². The molecule has 0 amide bonds. The normalized spacial score (nSPS) is 19.1. The summed E-state index contributed by atoms with van der Waals surface area (Å²) in [5.74, 6) is 2.36. The summed E-state index contributed by atoms with van der Waals surface area (Å²) in [4.78, 5) is 1.65. The van der Waals surface area contributed by atoms with Crippen molar-refractivity contribution >= 4 is 49.5 Å². The molecule has 5 heteroatoms. The van der Waals surface area contributed by atoms with Gasteiger partial charge in [0.1, 0.15) is 0 Å². The molecule has 0 saturated heterocycles. The van der Waals surface area contributed by atoms with Crippen molar-refractivity contribution in [2.45, 2.75) is 54.4 Å². The number of aryl methyl sites for hydroxylation is 1. The molecule has 3 aliphatic rings. The molecule has 2 aromatic rings. The standard InChI is InChI=1S/C17H15.C13H17S.2CH3.2ClH.H2Si.Zr/c1-12-10-16-13(2)8-9-15(17(16)11-12)14-6-4-3-5-7-14;1-8(2)10-5-11-12(9(3)4)7-14-13(11)6-10;;;;;;/h3-11H,1-2H3;5,8-9H,7H2,1-4H3;2*1H3;2*1H;1H2;. The number of halogens is 2. The second kappa shape index (κ2) is 10.8. The predicted octanol–water partition coefficient (Wildman–Crippen LogP) is 9.80. The van der Waals surface area contributed by atoms with Gasteiger partial charge in [0, 0.05) is 0 Å². The van der Waals surface area contributed by atoms with Crippen LogP contribution >= 0.6 is 36.6 Å². The van der Waals surface area contributed by atoms with E-state index < -0.39 is 17.4 Å². The molecular formula is C32H42Cl2SSiZr. The van der Waals surface area contributed by atoms with Crippen molar-refractivity contribution in [1.82, 2.24) is 0 Å². The zero-order chi connectivity index (χ0) is 25.3. The monoisotopic (exact) mass is 646 g/mol. The Kier molecular flexibility index (Phi) is 9.02. The fourth-order valence-electron chi connectivity index (χ4n) is 6.98. The van der Waals surface area contributed by atoms with Gasteiger partial charge in [-0.05, 0) is 0 Å². The van der Waals surface area contributed by atoms with Gasteiger partial charge in [0.15, 0.2) is 0 Å². The summed E-state index contributed by atoms with van der Waals surface area (Å²) >= 11 is -1.40. The second-order valence-corrected chi connectivity index (χ2v) is 42.9. The van der Waals surface area contributed by atoms with Gasteiger partial charge in [-0.25, -0.2) is 0 Å². The van der Waals surface area contributed by atoms with E-state index in [1.165, 1.54) is 28.0 Å². The van der Waals surface area contributed by atoms with Crippen LogP contribution < -0.4 is 0 Å². The Morgan fingerprint density at radius 2 is 1.54 bits per heavy atom. The molecule has 5 rings (SSSR count). The summed E-state index contributed by atoms with van der Waals surface area (Å²) < 4.78 is 7.87. The van der Waals surface area contributed by atoms with Crippen LogP contribution in [0.2, 0.25) is 9.26 Å². The largest absolute Gasteiger partial charge is 0.147 e. The van der Waals surface area contributed by atoms with Crippen LogP contribution in [0.4, 0.5) is 0 Å². The van der Waals surface area contributed by atoms with Crippen LogP contribution in [0.25, 0.3) is 17.2 Å². The fraction of sp³-hybridized carbons (Fsp3) is 0.375. The van der Waals surface area contributed by atoms with Gasteiger partial charge in [0.2, 0.25) is 0 Å². The van der Waals surface area contributed by atoms with Crippen molar-refractivity contribution in [3.05, 3.63) is 95.7 Å². The summed E-state index contributed by atoms with van der Waals surface area (Å²) in [6.45, 7) is 16.8. The van der Waals surface area contributed by atoms with Crippen molar-refractivity contribution in [3.8, 4) is 11.1 Å². The molecule has 1 unspecified atom stereocenters. The summed E-state index contributed by atoms with van der Waals surface area (Å²) in [6, 6.07) is 15.7. The number of hydrogen-bond acceptors (Lipinski definition) is 1. The van der Waals surface area contributed by atoms with Crippen LogP contribution in [0.5, 0.6) is 0 Å². The zero-order valence-electron chi connectivity index (χ0n) is 23.6. The Morgan fingerprint density at radius 1 is 0.892 bits per heavy atom. The molecule has 198 valence electrons. The number of thioether (sulfide) groups is 1. The minimum absolute atomic E-state index is 0. The third kappa shape index (κ3) is 4.95. The number of hydrogen-bond donors (Lipinski definition) is 0. The molecule has 0 saturated carbocycles. The molecule has 0 fully saturated rings. The topological polar surface area (TPSA) is 0 Å². The third-order valence-corrected chi connectivity index (χ3v) is 26.4. The average molecular weight is 649 g/mol. The second-order valence-electron chi connectivity index (χ2n) is 12.6. The first-order valence-electron chi connectivity index (χ1n) is 13.2. The van der Waals surface area contributed by atoms with Gasteiger partial charge in [-0.1, -0.05) is 0 Å². The van der Waals surface area contributed by atoms with Gasteiger partial charge >= 0.3 is 221 Å². The van der Waals surface area contributed by atoms with Gasteiger partial charge < -0.3 is 0 Å². The van der Waals surface area contributed by atoms with Crippen LogP contribution in [0, 0.1) is 18.8 Å². The number of benzene rings is 2. The first-order chi connectivity index (χ1) is 16.4. The van der Waals surface area contributed by atoms with Crippen LogP contribution in [-0.2, 0) is 17.4 Å². The van der Waals surface area contributed by atoms with Crippen LogP contribution in [0.3, 0.4) is 0 Å². The number of allylic oxidation sites excluding steroid dienone is 5. The number of fused-ring (bicyclic) bond motifs is 2. The Balaban J connectivity index is 0.00000190. The molecular weight excluding hydrogens is 607 g/mol. The molecule has 0 radical (unpaired) electrons. The molecule has 0 N–H and O–H groups in total. The van der Waals surface area contributed by atoms with Gasteiger partial charge in [-0.15, -0.1) is 24.8 Å². The van der Waals surface area contributed by atoms with E-state index in [1.54, 1.807) is 32.8 Å². The molecule has 1 atom stereocenters. The molecule has 37 heavy (non-hydrogen) atoms. The Bertz CT molecular complexity index is 1430. The van der Waals surface area contributed by atoms with Gasteiger partial charge in [-0.2, -0.15) is 0 Å². The minimum atomic E-state index is -3.54. The van der Waals surface area contributed by atoms with E-state index in [0.29, 0.717) is 15.5 Å². The molecule has 0 bridgehead atoms. The van der Waals surface area contributed by atoms with E-state index in [1.807, 2.05) is 3.28 Å². The van der Waals surface area contributed by atoms with Gasteiger partial charge in [-0.3, -0.25) is 0 Å². The van der Waals surface area contributed by atoms with E-state index >= 15 is 0 Å². The first-order valence-corrected chi connectivity index (χ1v) is 27.6. The SMILES string of the molecule is CC1=Cc2c(-c3ccccc3)ccc(C)c2[CH]1[Zr]([CH3])([CH3])(=[SiH2])[C]1=C2SCC(C(C)C)=C2C=C1C(C)C.Cl.Cl. The average Bonchev–Trinajstić information content (AvgIpc) is 3.45. The summed E-state index contributed by atoms with van der Waals surface area (Å²) in [7, 11) is 0. The van der Waals surface area contributed by atoms with Gasteiger partial charge in [0.05, 0.1) is 0 Å². The Hall–Kier alpha value is -0.570. The van der Waals surface area contributed by atoms with Crippen LogP contribution in [0.15, 0.2) is 79.0 Å². The first kappa shape index (κ1) is 31.0. The van der Waals surface area contributed by atoms with E-state index in [4.69, 9.17) is 0 Å². The maximum atomic E-state index is 2.75. The van der Waals surface area contributed by atoms with E-state index in [9.17, 15) is 0 Å². The van der Waals surface area contributed by atoms with Crippen LogP contribution in [0.1, 0.15) is 54.9 Å². The Morgan fingerprint density at radius 3 is 2.14 bits per heavy atom. The van der Waals surface area contributed by atoms with E-state index in [-0.39, 0.29) is 24.8 Å². The van der Waals surface area contributed by atoms with Crippen molar-refractivity contribution in [2.75, 3.05) is 5.75 Å². The molecule has 0 aromatic heterocycles. The zero-order valence-corrected chi connectivity index (χ0v) is 29.9. The number of rotatable bonds is 5. The van der Waals surface area contributed by atoms with Gasteiger partial charge in [0.25, 0.3) is 0 Å². The predicted molar refractivity (Wildman–Crippen MR) is 172 cm³/mol. The Labute approximate surface area is 243 Å². The van der Waals surface area contributed by atoms with E-state index in [0.717, 1.165) is 0 Å². The molecule has 2 aromatic carbocycles.